The summed E-state index contributed by atoms with van der Waals surface area (Å²) in [5, 5.41) is 15.6. The molecule has 0 spiro atoms. The highest BCUT2D eigenvalue weighted by Gasteiger charge is 2.16. The van der Waals surface area contributed by atoms with Crippen molar-refractivity contribution in [2.45, 2.75) is 0 Å². The van der Waals surface area contributed by atoms with Crippen molar-refractivity contribution in [2.75, 3.05) is 12.4 Å². The quantitative estimate of drug-likeness (QED) is 0.539. The first-order valence-electron chi connectivity index (χ1n) is 7.65. The molecule has 0 saturated heterocycles. The van der Waals surface area contributed by atoms with Crippen molar-refractivity contribution in [1.82, 2.24) is 0 Å². The highest BCUT2D eigenvalue weighted by molar-refractivity contribution is 6.04. The Morgan fingerprint density at radius 3 is 2.42 bits per heavy atom. The normalized spacial score (nSPS) is 11.0. The Morgan fingerprint density at radius 2 is 1.67 bits per heavy atom. The van der Waals surface area contributed by atoms with Gasteiger partial charge in [0.1, 0.15) is 5.58 Å². The van der Waals surface area contributed by atoms with Crippen LogP contribution in [-0.2, 0) is 0 Å². The molecule has 0 aliphatic heterocycles. The molecule has 0 aliphatic rings. The van der Waals surface area contributed by atoms with E-state index in [4.69, 9.17) is 4.42 Å². The molecule has 0 bridgehead atoms. The molecule has 0 radical (unpaired) electrons. The SMILES string of the molecule is CNc1ccc(-c2oc3c(ccc4ccccc43)c(=O)c2O)cc1. The minimum atomic E-state index is -0.422. The molecule has 0 unspecified atom stereocenters. The number of nitrogens with one attached hydrogen (secondary N) is 1. The van der Waals surface area contributed by atoms with E-state index in [1.807, 2.05) is 49.5 Å². The average molecular weight is 317 g/mol. The van der Waals surface area contributed by atoms with Crippen LogP contribution in [0.15, 0.2) is 69.9 Å². The predicted molar refractivity (Wildman–Crippen MR) is 96.6 cm³/mol. The molecule has 0 fully saturated rings. The van der Waals surface area contributed by atoms with Crippen molar-refractivity contribution in [2.24, 2.45) is 0 Å². The van der Waals surface area contributed by atoms with E-state index in [2.05, 4.69) is 5.32 Å². The van der Waals surface area contributed by atoms with E-state index in [1.54, 1.807) is 18.2 Å². The van der Waals surface area contributed by atoms with Crippen LogP contribution in [0.25, 0.3) is 33.1 Å². The van der Waals surface area contributed by atoms with Crippen molar-refractivity contribution in [3.63, 3.8) is 0 Å². The minimum absolute atomic E-state index is 0.187. The van der Waals surface area contributed by atoms with Gasteiger partial charge < -0.3 is 14.8 Å². The summed E-state index contributed by atoms with van der Waals surface area (Å²) in [5.41, 5.74) is 1.66. The van der Waals surface area contributed by atoms with Crippen LogP contribution >= 0.6 is 0 Å². The molecule has 1 aromatic heterocycles. The Hall–Kier alpha value is -3.27. The molecule has 4 heteroatoms. The molecule has 0 amide bonds. The van der Waals surface area contributed by atoms with Crippen LogP contribution < -0.4 is 10.7 Å². The maximum absolute atomic E-state index is 12.6. The maximum atomic E-state index is 12.6. The fraction of sp³-hybridized carbons (Fsp3) is 0.0500. The first-order chi connectivity index (χ1) is 11.7. The number of aromatic hydroxyl groups is 1. The fourth-order valence-electron chi connectivity index (χ4n) is 2.90. The highest BCUT2D eigenvalue weighted by atomic mass is 16.4. The third-order valence-corrected chi connectivity index (χ3v) is 4.19. The first kappa shape index (κ1) is 14.3. The van der Waals surface area contributed by atoms with Crippen LogP contribution in [0.5, 0.6) is 5.75 Å². The van der Waals surface area contributed by atoms with Crippen LogP contribution in [0.3, 0.4) is 0 Å². The first-order valence-corrected chi connectivity index (χ1v) is 7.65. The average Bonchev–Trinajstić information content (AvgIpc) is 2.64. The lowest BCUT2D eigenvalue weighted by molar-refractivity contribution is 0.449. The molecule has 4 nitrogen and oxygen atoms in total. The van der Waals surface area contributed by atoms with Crippen LogP contribution in [0, 0.1) is 0 Å². The summed E-state index contributed by atoms with van der Waals surface area (Å²) in [6, 6.07) is 18.6. The third-order valence-electron chi connectivity index (χ3n) is 4.19. The van der Waals surface area contributed by atoms with Gasteiger partial charge in [-0.2, -0.15) is 0 Å². The van der Waals surface area contributed by atoms with Gasteiger partial charge in [-0.05, 0) is 35.7 Å². The van der Waals surface area contributed by atoms with Gasteiger partial charge in [0, 0.05) is 23.7 Å². The van der Waals surface area contributed by atoms with E-state index in [-0.39, 0.29) is 11.5 Å². The Kier molecular flexibility index (Phi) is 3.24. The van der Waals surface area contributed by atoms with E-state index in [0.29, 0.717) is 16.5 Å². The van der Waals surface area contributed by atoms with Gasteiger partial charge in [-0.3, -0.25) is 4.79 Å². The minimum Gasteiger partial charge on any atom is -0.502 e. The van der Waals surface area contributed by atoms with E-state index in [9.17, 15) is 9.90 Å². The molecule has 2 N–H and O–H groups in total. The van der Waals surface area contributed by atoms with Crippen molar-refractivity contribution < 1.29 is 9.52 Å². The van der Waals surface area contributed by atoms with Gasteiger partial charge >= 0.3 is 0 Å². The van der Waals surface area contributed by atoms with Crippen LogP contribution in [0.2, 0.25) is 0 Å². The molecule has 4 aromatic rings. The number of anilines is 1. The van der Waals surface area contributed by atoms with Crippen LogP contribution in [-0.4, -0.2) is 12.2 Å². The molecule has 4 rings (SSSR count). The van der Waals surface area contributed by atoms with Gasteiger partial charge in [0.15, 0.2) is 5.76 Å². The molecular weight excluding hydrogens is 302 g/mol. The number of hydrogen-bond donors (Lipinski definition) is 2. The molecule has 0 aliphatic carbocycles. The molecule has 0 saturated carbocycles. The topological polar surface area (TPSA) is 62.5 Å². The zero-order valence-electron chi connectivity index (χ0n) is 13.0. The van der Waals surface area contributed by atoms with E-state index < -0.39 is 5.43 Å². The molecular formula is C20H15NO3. The van der Waals surface area contributed by atoms with Crippen LogP contribution in [0.4, 0.5) is 5.69 Å². The maximum Gasteiger partial charge on any atom is 0.235 e. The van der Waals surface area contributed by atoms with Gasteiger partial charge in [-0.25, -0.2) is 0 Å². The number of rotatable bonds is 2. The lowest BCUT2D eigenvalue weighted by atomic mass is 10.0. The van der Waals surface area contributed by atoms with E-state index in [0.717, 1.165) is 16.5 Å². The smallest absolute Gasteiger partial charge is 0.235 e. The van der Waals surface area contributed by atoms with Crippen LogP contribution in [0.1, 0.15) is 0 Å². The number of benzene rings is 3. The monoisotopic (exact) mass is 317 g/mol. The Balaban J connectivity index is 2.06. The second-order valence-corrected chi connectivity index (χ2v) is 5.60. The fourth-order valence-corrected chi connectivity index (χ4v) is 2.90. The summed E-state index contributed by atoms with van der Waals surface area (Å²) in [5.74, 6) is -0.179. The largest absolute Gasteiger partial charge is 0.502 e. The molecule has 0 atom stereocenters. The standard InChI is InChI=1S/C20H15NO3/c1-21-14-9-6-13(7-10-14)19-18(23)17(22)16-11-8-12-4-2-3-5-15(12)20(16)24-19/h2-11,21,23H,1H3. The van der Waals surface area contributed by atoms with Crippen molar-refractivity contribution in [3.8, 4) is 17.1 Å². The van der Waals surface area contributed by atoms with Crippen molar-refractivity contribution in [3.05, 3.63) is 70.9 Å². The third kappa shape index (κ3) is 2.12. The van der Waals surface area contributed by atoms with E-state index in [1.165, 1.54) is 0 Å². The zero-order valence-corrected chi connectivity index (χ0v) is 13.0. The lowest BCUT2D eigenvalue weighted by Gasteiger charge is -2.09. The molecule has 118 valence electrons. The predicted octanol–water partition coefficient (Wildman–Crippen LogP) is 4.36. The van der Waals surface area contributed by atoms with Crippen molar-refractivity contribution >= 4 is 27.4 Å². The number of fused-ring (bicyclic) bond motifs is 3. The van der Waals surface area contributed by atoms with Gasteiger partial charge in [0.2, 0.25) is 11.2 Å². The zero-order chi connectivity index (χ0) is 16.7. The summed E-state index contributed by atoms with van der Waals surface area (Å²) in [7, 11) is 1.83. The molecule has 1 heterocycles. The summed E-state index contributed by atoms with van der Waals surface area (Å²) in [4.78, 5) is 12.6. The van der Waals surface area contributed by atoms with Gasteiger partial charge in [-0.15, -0.1) is 0 Å². The lowest BCUT2D eigenvalue weighted by Crippen LogP contribution is -2.02. The summed E-state index contributed by atoms with van der Waals surface area (Å²) < 4.78 is 5.98. The van der Waals surface area contributed by atoms with Crippen molar-refractivity contribution in [1.29, 1.82) is 0 Å². The second-order valence-electron chi connectivity index (χ2n) is 5.60. The van der Waals surface area contributed by atoms with Gasteiger partial charge in [0.05, 0.1) is 5.39 Å². The summed E-state index contributed by atoms with van der Waals surface area (Å²) in [6.07, 6.45) is 0. The summed E-state index contributed by atoms with van der Waals surface area (Å²) in [6.45, 7) is 0. The second kappa shape index (κ2) is 5.42. The van der Waals surface area contributed by atoms with E-state index >= 15 is 0 Å². The Morgan fingerprint density at radius 1 is 0.917 bits per heavy atom. The van der Waals surface area contributed by atoms with Gasteiger partial charge in [-0.1, -0.05) is 30.3 Å². The highest BCUT2D eigenvalue weighted by Crippen LogP contribution is 2.33. The summed E-state index contributed by atoms with van der Waals surface area (Å²) >= 11 is 0. The van der Waals surface area contributed by atoms with Gasteiger partial charge in [0.25, 0.3) is 0 Å². The Bertz CT molecular complexity index is 1110. The number of hydrogen-bond acceptors (Lipinski definition) is 4. The molecule has 24 heavy (non-hydrogen) atoms. The Labute approximate surface area is 138 Å². The molecule has 3 aromatic carbocycles.